The van der Waals surface area contributed by atoms with E-state index >= 15 is 0 Å². The molecule has 23 heavy (non-hydrogen) atoms. The van der Waals surface area contributed by atoms with E-state index in [4.69, 9.17) is 0 Å². The second kappa shape index (κ2) is 10.6. The Hall–Kier alpha value is -1.17. The minimum atomic E-state index is 0. The van der Waals surface area contributed by atoms with Gasteiger partial charge in [-0.15, -0.1) is 5.56 Å². The van der Waals surface area contributed by atoms with Crippen LogP contribution >= 0.6 is 0 Å². The molecule has 1 heterocycles. The van der Waals surface area contributed by atoms with Crippen LogP contribution in [0.15, 0.2) is 66.9 Å². The molecule has 3 rings (SSSR count). The average Bonchev–Trinajstić information content (AvgIpc) is 2.83. The molecule has 0 bridgehead atoms. The molecule has 4 heteroatoms. The van der Waals surface area contributed by atoms with Gasteiger partial charge in [-0.3, -0.25) is 4.98 Å². The number of rotatable bonds is 4. The SMILES string of the molecule is Cc1c(Cc2ccccc2)cc[c-]1Cc1ccccn1.[Cl-].[Cl-].[Cr+3]. The van der Waals surface area contributed by atoms with Crippen molar-refractivity contribution in [1.29, 1.82) is 0 Å². The van der Waals surface area contributed by atoms with Crippen LogP contribution in [-0.4, -0.2) is 4.98 Å². The zero-order chi connectivity index (χ0) is 13.8. The predicted octanol–water partition coefficient (Wildman–Crippen LogP) is -1.70. The summed E-state index contributed by atoms with van der Waals surface area (Å²) in [6, 6.07) is 21.2. The third kappa shape index (κ3) is 5.75. The molecule has 0 aliphatic rings. The average molecular weight is 383 g/mol. The van der Waals surface area contributed by atoms with Crippen LogP contribution in [0.4, 0.5) is 0 Å². The zero-order valence-electron chi connectivity index (χ0n) is 12.9. The molecule has 119 valence electrons. The van der Waals surface area contributed by atoms with Crippen molar-refractivity contribution in [3.8, 4) is 0 Å². The first-order valence-electron chi connectivity index (χ1n) is 7.01. The number of pyridine rings is 1. The largest absolute Gasteiger partial charge is 3.00 e. The second-order valence-corrected chi connectivity index (χ2v) is 5.17. The Balaban J connectivity index is 0.00000161. The number of hydrogen-bond donors (Lipinski definition) is 0. The van der Waals surface area contributed by atoms with Crippen molar-refractivity contribution >= 4 is 0 Å². The number of halogens is 2. The number of aromatic nitrogens is 1. The molecule has 3 aromatic rings. The van der Waals surface area contributed by atoms with E-state index in [0.29, 0.717) is 0 Å². The summed E-state index contributed by atoms with van der Waals surface area (Å²) >= 11 is 0. The van der Waals surface area contributed by atoms with Crippen LogP contribution in [-0.2, 0) is 30.2 Å². The molecule has 0 saturated carbocycles. The van der Waals surface area contributed by atoms with Gasteiger partial charge in [-0.1, -0.05) is 55.3 Å². The summed E-state index contributed by atoms with van der Waals surface area (Å²) in [5.74, 6) is 0. The Labute approximate surface area is 161 Å². The summed E-state index contributed by atoms with van der Waals surface area (Å²) in [5, 5.41) is 0. The third-order valence-electron chi connectivity index (χ3n) is 3.78. The zero-order valence-corrected chi connectivity index (χ0v) is 15.7. The van der Waals surface area contributed by atoms with E-state index in [9.17, 15) is 0 Å². The molecule has 0 spiro atoms. The minimum Gasteiger partial charge on any atom is -1.00 e. The second-order valence-electron chi connectivity index (χ2n) is 5.17. The van der Waals surface area contributed by atoms with Gasteiger partial charge in [0, 0.05) is 11.9 Å². The Morgan fingerprint density at radius 2 is 1.61 bits per heavy atom. The maximum atomic E-state index is 4.41. The smallest absolute Gasteiger partial charge is 1.00 e. The fourth-order valence-corrected chi connectivity index (χ4v) is 2.55. The number of hydrogen-bond acceptors (Lipinski definition) is 1. The number of benzene rings is 1. The van der Waals surface area contributed by atoms with E-state index in [1.807, 2.05) is 18.3 Å². The van der Waals surface area contributed by atoms with Crippen LogP contribution in [0.3, 0.4) is 0 Å². The monoisotopic (exact) mass is 382 g/mol. The van der Waals surface area contributed by atoms with Crippen LogP contribution in [0.2, 0.25) is 0 Å². The molecule has 0 fully saturated rings. The molecule has 0 aliphatic carbocycles. The van der Waals surface area contributed by atoms with Crippen LogP contribution in [0.25, 0.3) is 0 Å². The molecule has 0 N–H and O–H groups in total. The van der Waals surface area contributed by atoms with Gasteiger partial charge in [0.05, 0.1) is 0 Å². The molecule has 0 atom stereocenters. The predicted molar refractivity (Wildman–Crippen MR) is 83.1 cm³/mol. The van der Waals surface area contributed by atoms with Gasteiger partial charge in [0.15, 0.2) is 0 Å². The summed E-state index contributed by atoms with van der Waals surface area (Å²) in [6.07, 6.45) is 3.79. The first-order chi connectivity index (χ1) is 9.83. The van der Waals surface area contributed by atoms with Gasteiger partial charge in [-0.2, -0.15) is 17.2 Å². The van der Waals surface area contributed by atoms with Crippen molar-refractivity contribution in [2.24, 2.45) is 0 Å². The first-order valence-corrected chi connectivity index (χ1v) is 7.01. The topological polar surface area (TPSA) is 12.9 Å². The van der Waals surface area contributed by atoms with Crippen molar-refractivity contribution in [3.05, 3.63) is 94.8 Å². The molecule has 2 aromatic carbocycles. The normalized spacial score (nSPS) is 9.26. The molecule has 1 aromatic heterocycles. The van der Waals surface area contributed by atoms with Gasteiger partial charge in [-0.25, -0.2) is 6.07 Å². The van der Waals surface area contributed by atoms with E-state index in [1.165, 1.54) is 22.3 Å². The molecule has 0 unspecified atom stereocenters. The molecular weight excluding hydrogens is 365 g/mol. The molecular formula is C19H18Cl2CrN. The van der Waals surface area contributed by atoms with Crippen molar-refractivity contribution in [2.75, 3.05) is 0 Å². The van der Waals surface area contributed by atoms with Crippen LogP contribution < -0.4 is 24.8 Å². The van der Waals surface area contributed by atoms with Gasteiger partial charge >= 0.3 is 17.4 Å². The molecule has 0 saturated heterocycles. The van der Waals surface area contributed by atoms with Crippen LogP contribution in [0.1, 0.15) is 27.9 Å². The fraction of sp³-hybridized carbons (Fsp3) is 0.158. The Morgan fingerprint density at radius 1 is 0.913 bits per heavy atom. The maximum Gasteiger partial charge on any atom is 3.00 e. The van der Waals surface area contributed by atoms with Crippen LogP contribution in [0, 0.1) is 6.92 Å². The fourth-order valence-electron chi connectivity index (χ4n) is 2.55. The van der Waals surface area contributed by atoms with Gasteiger partial charge in [0.25, 0.3) is 0 Å². The van der Waals surface area contributed by atoms with E-state index in [-0.39, 0.29) is 42.2 Å². The Morgan fingerprint density at radius 3 is 2.26 bits per heavy atom. The summed E-state index contributed by atoms with van der Waals surface area (Å²) in [4.78, 5) is 4.41. The minimum absolute atomic E-state index is 0. The van der Waals surface area contributed by atoms with Gasteiger partial charge in [-0.05, 0) is 18.6 Å². The molecule has 1 nitrogen and oxygen atoms in total. The van der Waals surface area contributed by atoms with Crippen molar-refractivity contribution in [2.45, 2.75) is 19.8 Å². The Kier molecular flexibility index (Phi) is 10.0. The summed E-state index contributed by atoms with van der Waals surface area (Å²) in [6.45, 7) is 2.22. The van der Waals surface area contributed by atoms with Gasteiger partial charge < -0.3 is 24.8 Å². The summed E-state index contributed by atoms with van der Waals surface area (Å²) in [5.41, 5.74) is 6.70. The van der Waals surface area contributed by atoms with E-state index in [2.05, 4.69) is 60.4 Å². The molecule has 1 radical (unpaired) electrons. The number of nitrogens with zero attached hydrogens (tertiary/aromatic N) is 1. The standard InChI is InChI=1S/C19H18N.2ClH.Cr/c1-15-17(13-16-7-3-2-4-8-16)10-11-18(15)14-19-9-5-6-12-20-19;;;/h2-12H,13-14H2,1H3;2*1H;/q-1;;;+3/p-2. The van der Waals surface area contributed by atoms with Gasteiger partial charge in [0.1, 0.15) is 0 Å². The van der Waals surface area contributed by atoms with Crippen LogP contribution in [0.5, 0.6) is 0 Å². The Bertz CT molecular complexity index is 622. The molecule has 0 aliphatic heterocycles. The summed E-state index contributed by atoms with van der Waals surface area (Å²) < 4.78 is 0. The van der Waals surface area contributed by atoms with Crippen molar-refractivity contribution in [1.82, 2.24) is 4.98 Å². The van der Waals surface area contributed by atoms with E-state index in [1.54, 1.807) is 0 Å². The first kappa shape index (κ1) is 21.8. The van der Waals surface area contributed by atoms with Crippen molar-refractivity contribution < 1.29 is 42.2 Å². The quantitative estimate of drug-likeness (QED) is 0.490. The summed E-state index contributed by atoms with van der Waals surface area (Å²) in [7, 11) is 0. The van der Waals surface area contributed by atoms with Gasteiger partial charge in [0.2, 0.25) is 0 Å². The molecule has 0 amide bonds. The third-order valence-corrected chi connectivity index (χ3v) is 3.78. The van der Waals surface area contributed by atoms with E-state index in [0.717, 1.165) is 18.5 Å². The van der Waals surface area contributed by atoms with Crippen molar-refractivity contribution in [3.63, 3.8) is 0 Å². The van der Waals surface area contributed by atoms with E-state index < -0.39 is 0 Å². The maximum absolute atomic E-state index is 4.41.